The highest BCUT2D eigenvalue weighted by molar-refractivity contribution is 8.00. The van der Waals surface area contributed by atoms with Crippen molar-refractivity contribution in [3.05, 3.63) is 23.8 Å². The van der Waals surface area contributed by atoms with Gasteiger partial charge in [-0.1, -0.05) is 18.2 Å². The second-order valence-electron chi connectivity index (χ2n) is 4.61. The molecule has 1 atom stereocenters. The van der Waals surface area contributed by atoms with Crippen molar-refractivity contribution in [2.75, 3.05) is 19.5 Å². The Balaban J connectivity index is 2.24. The van der Waals surface area contributed by atoms with Crippen molar-refractivity contribution in [2.24, 2.45) is 0 Å². The van der Waals surface area contributed by atoms with Crippen LogP contribution in [0.1, 0.15) is 32.1 Å². The number of hydrogen-bond donors (Lipinski definition) is 1. The van der Waals surface area contributed by atoms with Crippen molar-refractivity contribution in [1.29, 1.82) is 0 Å². The SMILES string of the molecule is COC(=O)CCCC/C=C\C1=CC(SCCO)CC1=O. The highest BCUT2D eigenvalue weighted by Gasteiger charge is 2.22. The molecule has 1 aliphatic rings. The van der Waals surface area contributed by atoms with E-state index < -0.39 is 0 Å². The summed E-state index contributed by atoms with van der Waals surface area (Å²) >= 11 is 1.61. The van der Waals surface area contributed by atoms with E-state index in [1.54, 1.807) is 11.8 Å². The molecule has 0 radical (unpaired) electrons. The minimum Gasteiger partial charge on any atom is -0.469 e. The van der Waals surface area contributed by atoms with Crippen molar-refractivity contribution in [3.8, 4) is 0 Å². The summed E-state index contributed by atoms with van der Waals surface area (Å²) in [6, 6.07) is 0. The molecule has 1 N–H and O–H groups in total. The van der Waals surface area contributed by atoms with E-state index in [2.05, 4.69) is 4.74 Å². The van der Waals surface area contributed by atoms with Crippen molar-refractivity contribution in [3.63, 3.8) is 0 Å². The maximum Gasteiger partial charge on any atom is 0.305 e. The monoisotopic (exact) mass is 298 g/mol. The third-order valence-corrected chi connectivity index (χ3v) is 4.17. The molecular weight excluding hydrogens is 276 g/mol. The minimum absolute atomic E-state index is 0.147. The number of ether oxygens (including phenoxy) is 1. The molecule has 0 bridgehead atoms. The maximum absolute atomic E-state index is 11.7. The number of thioether (sulfide) groups is 1. The zero-order valence-electron chi connectivity index (χ0n) is 11.8. The molecule has 0 aliphatic heterocycles. The van der Waals surface area contributed by atoms with E-state index in [-0.39, 0.29) is 23.6 Å². The van der Waals surface area contributed by atoms with Crippen LogP contribution in [0.3, 0.4) is 0 Å². The lowest BCUT2D eigenvalue weighted by atomic mass is 10.1. The van der Waals surface area contributed by atoms with Crippen LogP contribution >= 0.6 is 11.8 Å². The Hall–Kier alpha value is -1.07. The molecule has 5 heteroatoms. The fourth-order valence-corrected chi connectivity index (χ4v) is 2.88. The lowest BCUT2D eigenvalue weighted by Gasteiger charge is -2.02. The van der Waals surface area contributed by atoms with Crippen LogP contribution < -0.4 is 0 Å². The molecule has 0 spiro atoms. The number of aliphatic hydroxyl groups is 1. The first kappa shape index (κ1) is 17.0. The quantitative estimate of drug-likeness (QED) is 0.522. The normalized spacial score (nSPS) is 18.6. The molecule has 0 saturated carbocycles. The number of carbonyl (C=O) groups excluding carboxylic acids is 2. The molecule has 0 aromatic rings. The van der Waals surface area contributed by atoms with Crippen LogP contribution in [-0.2, 0) is 14.3 Å². The lowest BCUT2D eigenvalue weighted by Crippen LogP contribution is -2.01. The minimum atomic E-state index is -0.175. The van der Waals surface area contributed by atoms with Crippen molar-refractivity contribution >= 4 is 23.5 Å². The lowest BCUT2D eigenvalue weighted by molar-refractivity contribution is -0.140. The van der Waals surface area contributed by atoms with Crippen LogP contribution in [0, 0.1) is 0 Å². The van der Waals surface area contributed by atoms with Crippen LogP contribution in [0.25, 0.3) is 0 Å². The van der Waals surface area contributed by atoms with E-state index >= 15 is 0 Å². The van der Waals surface area contributed by atoms with Crippen molar-refractivity contribution < 1.29 is 19.4 Å². The van der Waals surface area contributed by atoms with Crippen molar-refractivity contribution in [2.45, 2.75) is 37.4 Å². The summed E-state index contributed by atoms with van der Waals surface area (Å²) in [4.78, 5) is 22.6. The average molecular weight is 298 g/mol. The molecule has 0 fully saturated rings. The predicted molar refractivity (Wildman–Crippen MR) is 80.7 cm³/mol. The number of rotatable bonds is 9. The molecule has 112 valence electrons. The molecule has 0 aromatic carbocycles. The van der Waals surface area contributed by atoms with E-state index in [9.17, 15) is 9.59 Å². The zero-order valence-corrected chi connectivity index (χ0v) is 12.7. The Bertz CT molecular complexity index is 387. The Labute approximate surface area is 124 Å². The van der Waals surface area contributed by atoms with Gasteiger partial charge in [-0.25, -0.2) is 0 Å². The van der Waals surface area contributed by atoms with Crippen LogP contribution in [-0.4, -0.2) is 41.6 Å². The topological polar surface area (TPSA) is 63.6 Å². The van der Waals surface area contributed by atoms with E-state index in [0.29, 0.717) is 18.6 Å². The van der Waals surface area contributed by atoms with E-state index in [1.807, 2.05) is 18.2 Å². The summed E-state index contributed by atoms with van der Waals surface area (Å²) in [6.07, 6.45) is 9.40. The highest BCUT2D eigenvalue weighted by atomic mass is 32.2. The van der Waals surface area contributed by atoms with Gasteiger partial charge in [-0.15, -0.1) is 0 Å². The third-order valence-electron chi connectivity index (χ3n) is 3.02. The number of esters is 1. The van der Waals surface area contributed by atoms with E-state index in [4.69, 9.17) is 5.11 Å². The predicted octanol–water partition coefficient (Wildman–Crippen LogP) is 2.27. The van der Waals surface area contributed by atoms with E-state index in [0.717, 1.165) is 24.8 Å². The molecular formula is C15H22O4S. The third kappa shape index (κ3) is 6.39. The molecule has 4 nitrogen and oxygen atoms in total. The Morgan fingerprint density at radius 1 is 1.55 bits per heavy atom. The first-order valence-electron chi connectivity index (χ1n) is 6.88. The van der Waals surface area contributed by atoms with Gasteiger partial charge in [-0.05, 0) is 19.3 Å². The number of unbranched alkanes of at least 4 members (excludes halogenated alkanes) is 2. The van der Waals surface area contributed by atoms with Gasteiger partial charge in [0.05, 0.1) is 13.7 Å². The fourth-order valence-electron chi connectivity index (χ4n) is 1.96. The number of aliphatic hydroxyl groups excluding tert-OH is 1. The summed E-state index contributed by atoms with van der Waals surface area (Å²) in [6.45, 7) is 0.147. The van der Waals surface area contributed by atoms with Crippen LogP contribution in [0.2, 0.25) is 0 Å². The summed E-state index contributed by atoms with van der Waals surface area (Å²) in [7, 11) is 1.39. The first-order valence-corrected chi connectivity index (χ1v) is 7.93. The maximum atomic E-state index is 11.7. The number of hydrogen-bond acceptors (Lipinski definition) is 5. The standard InChI is InChI=1S/C15H22O4S/c1-19-15(18)7-5-3-2-4-6-12-10-13(11-14(12)17)20-9-8-16/h4,6,10,13,16H,2-3,5,7-9,11H2,1H3/b6-4-. The van der Waals surface area contributed by atoms with Crippen LogP contribution in [0.5, 0.6) is 0 Å². The Morgan fingerprint density at radius 2 is 2.35 bits per heavy atom. The molecule has 20 heavy (non-hydrogen) atoms. The molecule has 1 unspecified atom stereocenters. The molecule has 0 amide bonds. The van der Waals surface area contributed by atoms with Gasteiger partial charge < -0.3 is 9.84 Å². The largest absolute Gasteiger partial charge is 0.469 e. The summed E-state index contributed by atoms with van der Waals surface area (Å²) in [5.41, 5.74) is 0.772. The number of ketones is 1. The first-order chi connectivity index (χ1) is 9.67. The van der Waals surface area contributed by atoms with Gasteiger partial charge in [0.15, 0.2) is 5.78 Å². The summed E-state index contributed by atoms with van der Waals surface area (Å²) < 4.78 is 4.57. The van der Waals surface area contributed by atoms with Gasteiger partial charge in [0.2, 0.25) is 0 Å². The zero-order chi connectivity index (χ0) is 14.8. The molecule has 1 aliphatic carbocycles. The van der Waals surface area contributed by atoms with Crippen LogP contribution in [0.15, 0.2) is 23.8 Å². The fraction of sp³-hybridized carbons (Fsp3) is 0.600. The van der Waals surface area contributed by atoms with Gasteiger partial charge in [-0.3, -0.25) is 9.59 Å². The molecule has 1 rings (SSSR count). The molecule has 0 heterocycles. The smallest absolute Gasteiger partial charge is 0.305 e. The molecule has 0 aromatic heterocycles. The van der Waals surface area contributed by atoms with Gasteiger partial charge in [0.1, 0.15) is 0 Å². The van der Waals surface area contributed by atoms with Crippen LogP contribution in [0.4, 0.5) is 0 Å². The summed E-state index contributed by atoms with van der Waals surface area (Å²) in [5.74, 6) is 0.663. The number of Topliss-reactive ketones (excluding diaryl/α,β-unsaturated/α-hetero) is 1. The molecule has 0 saturated heterocycles. The number of allylic oxidation sites excluding steroid dienone is 3. The Kier molecular flexibility index (Phi) is 8.30. The van der Waals surface area contributed by atoms with Crippen molar-refractivity contribution in [1.82, 2.24) is 0 Å². The highest BCUT2D eigenvalue weighted by Crippen LogP contribution is 2.26. The van der Waals surface area contributed by atoms with Gasteiger partial charge in [0, 0.05) is 29.4 Å². The Morgan fingerprint density at radius 3 is 3.05 bits per heavy atom. The van der Waals surface area contributed by atoms with Gasteiger partial charge in [-0.2, -0.15) is 11.8 Å². The second kappa shape index (κ2) is 9.77. The average Bonchev–Trinajstić information content (AvgIpc) is 2.80. The number of methoxy groups -OCH3 is 1. The second-order valence-corrected chi connectivity index (χ2v) is 5.95. The van der Waals surface area contributed by atoms with Gasteiger partial charge in [0.25, 0.3) is 0 Å². The summed E-state index contributed by atoms with van der Waals surface area (Å²) in [5, 5.41) is 8.97. The number of carbonyl (C=O) groups is 2. The van der Waals surface area contributed by atoms with Gasteiger partial charge >= 0.3 is 5.97 Å². The van der Waals surface area contributed by atoms with E-state index in [1.165, 1.54) is 7.11 Å².